The van der Waals surface area contributed by atoms with Crippen LogP contribution in [0.2, 0.25) is 0 Å². The molecule has 2 N–H and O–H groups in total. The Kier molecular flexibility index (Phi) is 10.9. The number of aromatic hydroxyl groups is 1. The van der Waals surface area contributed by atoms with E-state index in [1.165, 1.54) is 94.5 Å². The van der Waals surface area contributed by atoms with Crippen molar-refractivity contribution >= 4 is 10.1 Å². The van der Waals surface area contributed by atoms with Crippen molar-refractivity contribution in [1.29, 1.82) is 0 Å². The molecule has 6 heteroatoms. The number of hydrogen-bond donors (Lipinski definition) is 2. The van der Waals surface area contributed by atoms with Crippen molar-refractivity contribution in [3.8, 4) is 17.2 Å². The van der Waals surface area contributed by atoms with E-state index in [4.69, 9.17) is 9.29 Å². The molecule has 0 saturated carbocycles. The highest BCUT2D eigenvalue weighted by atomic mass is 32.2. The Bertz CT molecular complexity index is 875. The molecule has 0 heterocycles. The van der Waals surface area contributed by atoms with Gasteiger partial charge < -0.3 is 9.84 Å². The van der Waals surface area contributed by atoms with Crippen LogP contribution in [-0.4, -0.2) is 18.1 Å². The van der Waals surface area contributed by atoms with Gasteiger partial charge >= 0.3 is 0 Å². The summed E-state index contributed by atoms with van der Waals surface area (Å²) in [5.74, 6) is 1.07. The van der Waals surface area contributed by atoms with Crippen LogP contribution >= 0.6 is 0 Å². The molecular formula is C25H36O5S. The third-order valence-electron chi connectivity index (χ3n) is 5.38. The van der Waals surface area contributed by atoms with E-state index >= 15 is 0 Å². The van der Waals surface area contributed by atoms with Crippen LogP contribution in [0.5, 0.6) is 17.2 Å². The molecule has 2 rings (SSSR count). The van der Waals surface area contributed by atoms with E-state index in [1.807, 2.05) is 6.07 Å². The number of phenolic OH excluding ortho intramolecular Hbond substituents is 1. The standard InChI is InChI=1S/C25H36O5S/c1-2-3-4-5-6-7-8-9-10-11-12-13-21-18-22(26)20-24(19-21)30-23-14-16-25(17-15-23)31(27,28)29/h14-20,26H,2-13H2,1H3,(H,27,28,29). The smallest absolute Gasteiger partial charge is 0.294 e. The molecule has 0 radical (unpaired) electrons. The molecule has 31 heavy (non-hydrogen) atoms. The normalized spacial score (nSPS) is 11.5. The molecule has 0 spiro atoms. The number of ether oxygens (including phenoxy) is 1. The van der Waals surface area contributed by atoms with Gasteiger partial charge in [0.25, 0.3) is 10.1 Å². The monoisotopic (exact) mass is 448 g/mol. The van der Waals surface area contributed by atoms with Crippen LogP contribution in [-0.2, 0) is 16.5 Å². The Morgan fingerprint density at radius 2 is 1.29 bits per heavy atom. The summed E-state index contributed by atoms with van der Waals surface area (Å²) in [4.78, 5) is -0.187. The van der Waals surface area contributed by atoms with Gasteiger partial charge in [0.05, 0.1) is 4.90 Å². The number of unbranched alkanes of at least 4 members (excludes halogenated alkanes) is 10. The molecule has 2 aromatic rings. The van der Waals surface area contributed by atoms with Crippen LogP contribution in [0, 0.1) is 0 Å². The molecule has 0 amide bonds. The van der Waals surface area contributed by atoms with Crippen LogP contribution < -0.4 is 4.74 Å². The van der Waals surface area contributed by atoms with Crippen molar-refractivity contribution in [3.63, 3.8) is 0 Å². The predicted octanol–water partition coefficient (Wildman–Crippen LogP) is 7.28. The van der Waals surface area contributed by atoms with Crippen molar-refractivity contribution in [2.45, 2.75) is 88.9 Å². The molecule has 5 nitrogen and oxygen atoms in total. The summed E-state index contributed by atoms with van der Waals surface area (Å²) in [6, 6.07) is 10.7. The first kappa shape index (κ1) is 25.2. The molecule has 0 aliphatic carbocycles. The molecule has 0 aliphatic heterocycles. The van der Waals surface area contributed by atoms with Gasteiger partial charge in [-0.05, 0) is 54.8 Å². The van der Waals surface area contributed by atoms with Gasteiger partial charge in [-0.25, -0.2) is 0 Å². The highest BCUT2D eigenvalue weighted by molar-refractivity contribution is 7.85. The van der Waals surface area contributed by atoms with Gasteiger partial charge in [0, 0.05) is 6.07 Å². The first-order valence-corrected chi connectivity index (χ1v) is 12.9. The van der Waals surface area contributed by atoms with Gasteiger partial charge in [-0.3, -0.25) is 4.55 Å². The Labute approximate surface area is 187 Å². The molecule has 172 valence electrons. The Hall–Kier alpha value is -2.05. The highest BCUT2D eigenvalue weighted by Crippen LogP contribution is 2.28. The van der Waals surface area contributed by atoms with Crippen molar-refractivity contribution in [2.75, 3.05) is 0 Å². The summed E-state index contributed by atoms with van der Waals surface area (Å²) >= 11 is 0. The quantitative estimate of drug-likeness (QED) is 0.221. The van der Waals surface area contributed by atoms with Gasteiger partial charge in [0.2, 0.25) is 0 Å². The number of hydrogen-bond acceptors (Lipinski definition) is 4. The first-order chi connectivity index (χ1) is 14.9. The average molecular weight is 449 g/mol. The lowest BCUT2D eigenvalue weighted by molar-refractivity contribution is 0.453. The van der Waals surface area contributed by atoms with E-state index in [9.17, 15) is 13.5 Å². The number of aryl methyl sites for hydroxylation is 1. The van der Waals surface area contributed by atoms with Crippen LogP contribution in [0.15, 0.2) is 47.4 Å². The maximum atomic E-state index is 11.1. The molecule has 0 aliphatic rings. The number of rotatable bonds is 15. The Morgan fingerprint density at radius 1 is 0.742 bits per heavy atom. The number of phenols is 1. The number of benzene rings is 2. The lowest BCUT2D eigenvalue weighted by atomic mass is 10.0. The second-order valence-corrected chi connectivity index (χ2v) is 9.59. The van der Waals surface area contributed by atoms with Gasteiger partial charge in [0.15, 0.2) is 0 Å². The van der Waals surface area contributed by atoms with Crippen molar-refractivity contribution in [1.82, 2.24) is 0 Å². The molecule has 0 atom stereocenters. The molecular weight excluding hydrogens is 412 g/mol. The average Bonchev–Trinajstić information content (AvgIpc) is 2.71. The molecule has 0 saturated heterocycles. The zero-order chi connectivity index (χ0) is 22.5. The minimum absolute atomic E-state index is 0.144. The summed E-state index contributed by atoms with van der Waals surface area (Å²) in [5.41, 5.74) is 1.01. The summed E-state index contributed by atoms with van der Waals surface area (Å²) in [5, 5.41) is 10.0. The van der Waals surface area contributed by atoms with Crippen LogP contribution in [0.3, 0.4) is 0 Å². The predicted molar refractivity (Wildman–Crippen MR) is 125 cm³/mol. The molecule has 0 aromatic heterocycles. The second-order valence-electron chi connectivity index (χ2n) is 8.17. The zero-order valence-electron chi connectivity index (χ0n) is 18.6. The Balaban J connectivity index is 1.71. The van der Waals surface area contributed by atoms with E-state index in [2.05, 4.69) is 6.92 Å². The zero-order valence-corrected chi connectivity index (χ0v) is 19.4. The van der Waals surface area contributed by atoms with Crippen molar-refractivity contribution in [3.05, 3.63) is 48.0 Å². The summed E-state index contributed by atoms with van der Waals surface area (Å²) in [7, 11) is -4.23. The fourth-order valence-corrected chi connectivity index (χ4v) is 4.14. The summed E-state index contributed by atoms with van der Waals surface area (Å²) < 4.78 is 37.0. The highest BCUT2D eigenvalue weighted by Gasteiger charge is 2.09. The second kappa shape index (κ2) is 13.4. The van der Waals surface area contributed by atoms with Crippen LogP contribution in [0.4, 0.5) is 0 Å². The Morgan fingerprint density at radius 3 is 1.84 bits per heavy atom. The molecule has 0 unspecified atom stereocenters. The molecule has 0 fully saturated rings. The lowest BCUT2D eigenvalue weighted by Gasteiger charge is -2.09. The SMILES string of the molecule is CCCCCCCCCCCCCc1cc(O)cc(Oc2ccc(S(=O)(=O)O)cc2)c1. The minimum Gasteiger partial charge on any atom is -0.508 e. The van der Waals surface area contributed by atoms with Crippen LogP contribution in [0.25, 0.3) is 0 Å². The fraction of sp³-hybridized carbons (Fsp3) is 0.520. The van der Waals surface area contributed by atoms with E-state index in [0.29, 0.717) is 11.5 Å². The third-order valence-corrected chi connectivity index (χ3v) is 6.25. The van der Waals surface area contributed by atoms with Gasteiger partial charge in [0.1, 0.15) is 17.2 Å². The lowest BCUT2D eigenvalue weighted by Crippen LogP contribution is -1.97. The maximum absolute atomic E-state index is 11.1. The summed E-state index contributed by atoms with van der Waals surface area (Å²) in [6.07, 6.45) is 15.1. The van der Waals surface area contributed by atoms with Crippen LogP contribution in [0.1, 0.15) is 83.1 Å². The first-order valence-electron chi connectivity index (χ1n) is 11.5. The largest absolute Gasteiger partial charge is 0.508 e. The summed E-state index contributed by atoms with van der Waals surface area (Å²) in [6.45, 7) is 2.25. The topological polar surface area (TPSA) is 83.8 Å². The molecule has 0 bridgehead atoms. The van der Waals surface area contributed by atoms with Crippen molar-refractivity contribution in [2.24, 2.45) is 0 Å². The minimum atomic E-state index is -4.23. The van der Waals surface area contributed by atoms with E-state index in [1.54, 1.807) is 6.07 Å². The third kappa shape index (κ3) is 10.2. The fourth-order valence-electron chi connectivity index (χ4n) is 3.66. The van der Waals surface area contributed by atoms with Gasteiger partial charge in [-0.15, -0.1) is 0 Å². The maximum Gasteiger partial charge on any atom is 0.294 e. The van der Waals surface area contributed by atoms with E-state index < -0.39 is 10.1 Å². The van der Waals surface area contributed by atoms with Crippen molar-refractivity contribution < 1.29 is 22.8 Å². The molecule has 2 aromatic carbocycles. The van der Waals surface area contributed by atoms with E-state index in [0.717, 1.165) is 18.4 Å². The van der Waals surface area contributed by atoms with Gasteiger partial charge in [-0.2, -0.15) is 8.42 Å². The van der Waals surface area contributed by atoms with E-state index in [-0.39, 0.29) is 10.6 Å². The van der Waals surface area contributed by atoms with Gasteiger partial charge in [-0.1, -0.05) is 71.1 Å².